The molecule has 0 unspecified atom stereocenters. The number of nitrogens with zero attached hydrogens (tertiary/aromatic N) is 1. The van der Waals surface area contributed by atoms with Crippen molar-refractivity contribution in [3.05, 3.63) is 21.9 Å². The van der Waals surface area contributed by atoms with Gasteiger partial charge in [0.15, 0.2) is 0 Å². The fourth-order valence-electron chi connectivity index (χ4n) is 2.46. The standard InChI is InChI=1S/C16H23BrFN3O3/c1-9-10(17)7-13(19-9)14(22)20-12-5-6-21(8-11(12)18)15(23)24-16(2,3)4/h7,11-12,19H,5-6,8H2,1-4H3,(H,20,22)/t11-,12+/m0/s1. The van der Waals surface area contributed by atoms with Gasteiger partial charge in [-0.25, -0.2) is 9.18 Å². The van der Waals surface area contributed by atoms with Crippen molar-refractivity contribution in [2.75, 3.05) is 13.1 Å². The number of rotatable bonds is 2. The highest BCUT2D eigenvalue weighted by Crippen LogP contribution is 2.20. The number of aromatic amines is 1. The number of halogens is 2. The van der Waals surface area contributed by atoms with Crippen molar-refractivity contribution < 1.29 is 18.7 Å². The van der Waals surface area contributed by atoms with Gasteiger partial charge < -0.3 is 19.9 Å². The third-order valence-electron chi connectivity index (χ3n) is 3.71. The van der Waals surface area contributed by atoms with E-state index in [4.69, 9.17) is 4.74 Å². The van der Waals surface area contributed by atoms with Crippen LogP contribution in [0.3, 0.4) is 0 Å². The number of amides is 2. The van der Waals surface area contributed by atoms with Crippen molar-refractivity contribution in [2.24, 2.45) is 0 Å². The van der Waals surface area contributed by atoms with Gasteiger partial charge in [-0.1, -0.05) is 0 Å². The first-order valence-corrected chi connectivity index (χ1v) is 8.64. The molecule has 2 amide bonds. The number of nitrogens with one attached hydrogen (secondary N) is 2. The Morgan fingerprint density at radius 1 is 1.46 bits per heavy atom. The largest absolute Gasteiger partial charge is 0.444 e. The van der Waals surface area contributed by atoms with Crippen LogP contribution in [0.1, 0.15) is 43.4 Å². The third-order valence-corrected chi connectivity index (χ3v) is 4.53. The van der Waals surface area contributed by atoms with Gasteiger partial charge in [-0.05, 0) is 56.1 Å². The number of likely N-dealkylation sites (tertiary alicyclic amines) is 1. The molecule has 1 saturated heterocycles. The van der Waals surface area contributed by atoms with Crippen LogP contribution in [-0.4, -0.2) is 52.8 Å². The summed E-state index contributed by atoms with van der Waals surface area (Å²) in [5.74, 6) is -0.359. The molecule has 24 heavy (non-hydrogen) atoms. The van der Waals surface area contributed by atoms with E-state index >= 15 is 0 Å². The summed E-state index contributed by atoms with van der Waals surface area (Å²) in [5.41, 5.74) is 0.588. The molecule has 1 aromatic heterocycles. The molecule has 2 atom stereocenters. The number of hydrogen-bond acceptors (Lipinski definition) is 3. The minimum Gasteiger partial charge on any atom is -0.444 e. The molecule has 2 rings (SSSR count). The zero-order valence-electron chi connectivity index (χ0n) is 14.3. The van der Waals surface area contributed by atoms with E-state index in [9.17, 15) is 14.0 Å². The number of H-pyrrole nitrogens is 1. The molecule has 0 bridgehead atoms. The summed E-state index contributed by atoms with van der Waals surface area (Å²) in [6.45, 7) is 7.38. The van der Waals surface area contributed by atoms with Crippen LogP contribution in [0.4, 0.5) is 9.18 Å². The average Bonchev–Trinajstić information content (AvgIpc) is 2.79. The monoisotopic (exact) mass is 403 g/mol. The van der Waals surface area contributed by atoms with E-state index in [1.165, 1.54) is 4.90 Å². The van der Waals surface area contributed by atoms with E-state index in [0.717, 1.165) is 10.2 Å². The number of carbonyl (C=O) groups excluding carboxylic acids is 2. The van der Waals surface area contributed by atoms with E-state index < -0.39 is 23.9 Å². The predicted molar refractivity (Wildman–Crippen MR) is 91.8 cm³/mol. The highest BCUT2D eigenvalue weighted by molar-refractivity contribution is 9.10. The second-order valence-corrected chi connectivity index (χ2v) is 7.82. The third kappa shape index (κ3) is 4.72. The lowest BCUT2D eigenvalue weighted by Crippen LogP contribution is -2.54. The highest BCUT2D eigenvalue weighted by Gasteiger charge is 2.34. The summed E-state index contributed by atoms with van der Waals surface area (Å²) in [6, 6.07) is 1.03. The molecule has 2 N–H and O–H groups in total. The van der Waals surface area contributed by atoms with E-state index in [2.05, 4.69) is 26.2 Å². The van der Waals surface area contributed by atoms with Crippen molar-refractivity contribution in [1.29, 1.82) is 0 Å². The number of ether oxygens (including phenoxy) is 1. The predicted octanol–water partition coefficient (Wildman–Crippen LogP) is 3.16. The van der Waals surface area contributed by atoms with Crippen LogP contribution in [0.5, 0.6) is 0 Å². The maximum Gasteiger partial charge on any atom is 0.410 e. The Morgan fingerprint density at radius 3 is 2.62 bits per heavy atom. The first-order valence-electron chi connectivity index (χ1n) is 7.85. The molecule has 0 aromatic carbocycles. The maximum atomic E-state index is 14.4. The minimum absolute atomic E-state index is 0.0900. The van der Waals surface area contributed by atoms with Gasteiger partial charge in [0.1, 0.15) is 17.5 Å². The number of alkyl halides is 1. The van der Waals surface area contributed by atoms with Gasteiger partial charge in [-0.2, -0.15) is 0 Å². The van der Waals surface area contributed by atoms with Gasteiger partial charge in [-0.15, -0.1) is 0 Å². The molecule has 134 valence electrons. The number of hydrogen-bond donors (Lipinski definition) is 2. The van der Waals surface area contributed by atoms with Gasteiger partial charge in [0.25, 0.3) is 5.91 Å². The van der Waals surface area contributed by atoms with Gasteiger partial charge in [0, 0.05) is 16.7 Å². The molecule has 8 heteroatoms. The average molecular weight is 404 g/mol. The van der Waals surface area contributed by atoms with Gasteiger partial charge in [-0.3, -0.25) is 4.79 Å². The molecule has 0 spiro atoms. The normalized spacial score (nSPS) is 21.5. The number of aromatic nitrogens is 1. The van der Waals surface area contributed by atoms with Gasteiger partial charge in [0.2, 0.25) is 0 Å². The van der Waals surface area contributed by atoms with Crippen molar-refractivity contribution >= 4 is 27.9 Å². The Labute approximate surface area is 149 Å². The Balaban J connectivity index is 1.91. The summed E-state index contributed by atoms with van der Waals surface area (Å²) < 4.78 is 20.4. The molecular formula is C16H23BrFN3O3. The minimum atomic E-state index is -1.34. The van der Waals surface area contributed by atoms with E-state index in [1.807, 2.05) is 6.92 Å². The summed E-state index contributed by atoms with van der Waals surface area (Å²) >= 11 is 3.33. The lowest BCUT2D eigenvalue weighted by Gasteiger charge is -2.35. The fourth-order valence-corrected chi connectivity index (χ4v) is 2.79. The molecule has 0 aliphatic carbocycles. The molecule has 1 aromatic rings. The lowest BCUT2D eigenvalue weighted by atomic mass is 10.0. The Morgan fingerprint density at radius 2 is 2.12 bits per heavy atom. The van der Waals surface area contributed by atoms with Crippen LogP contribution >= 0.6 is 15.9 Å². The van der Waals surface area contributed by atoms with Crippen LogP contribution in [0, 0.1) is 6.92 Å². The zero-order chi connectivity index (χ0) is 18.1. The fraction of sp³-hybridized carbons (Fsp3) is 0.625. The molecule has 6 nitrogen and oxygen atoms in total. The van der Waals surface area contributed by atoms with E-state index in [1.54, 1.807) is 26.8 Å². The number of piperidine rings is 1. The van der Waals surface area contributed by atoms with E-state index in [-0.39, 0.29) is 12.5 Å². The molecule has 1 aliphatic heterocycles. The van der Waals surface area contributed by atoms with Crippen LogP contribution in [0.15, 0.2) is 10.5 Å². The first kappa shape index (κ1) is 18.8. The van der Waals surface area contributed by atoms with Crippen molar-refractivity contribution in [3.8, 4) is 0 Å². The van der Waals surface area contributed by atoms with E-state index in [0.29, 0.717) is 18.7 Å². The Kier molecular flexibility index (Phi) is 5.57. The summed E-state index contributed by atoms with van der Waals surface area (Å²) in [7, 11) is 0. The SMILES string of the molecule is Cc1[nH]c(C(=O)N[C@@H]2CCN(C(=O)OC(C)(C)C)C[C@@H]2F)cc1Br. The van der Waals surface area contributed by atoms with Crippen molar-refractivity contribution in [1.82, 2.24) is 15.2 Å². The molecule has 2 heterocycles. The first-order chi connectivity index (χ1) is 11.1. The van der Waals surface area contributed by atoms with Gasteiger partial charge in [0.05, 0.1) is 12.6 Å². The Bertz CT molecular complexity index is 607. The zero-order valence-corrected chi connectivity index (χ0v) is 15.9. The molecule has 0 radical (unpaired) electrons. The van der Waals surface area contributed by atoms with Crippen molar-refractivity contribution in [3.63, 3.8) is 0 Å². The number of carbonyl (C=O) groups is 2. The van der Waals surface area contributed by atoms with Crippen LogP contribution in [0.25, 0.3) is 0 Å². The second kappa shape index (κ2) is 7.13. The summed E-state index contributed by atoms with van der Waals surface area (Å²) in [5, 5.41) is 2.69. The van der Waals surface area contributed by atoms with Crippen LogP contribution in [0.2, 0.25) is 0 Å². The van der Waals surface area contributed by atoms with Crippen LogP contribution < -0.4 is 5.32 Å². The van der Waals surface area contributed by atoms with Crippen LogP contribution in [-0.2, 0) is 4.74 Å². The second-order valence-electron chi connectivity index (χ2n) is 6.97. The topological polar surface area (TPSA) is 74.4 Å². The van der Waals surface area contributed by atoms with Crippen molar-refractivity contribution in [2.45, 2.75) is 51.9 Å². The summed E-state index contributed by atoms with van der Waals surface area (Å²) in [4.78, 5) is 28.5. The molecule has 1 fully saturated rings. The smallest absolute Gasteiger partial charge is 0.410 e. The van der Waals surface area contributed by atoms with Gasteiger partial charge >= 0.3 is 6.09 Å². The number of aryl methyl sites for hydroxylation is 1. The highest BCUT2D eigenvalue weighted by atomic mass is 79.9. The molecule has 1 aliphatic rings. The molecule has 0 saturated carbocycles. The maximum absolute atomic E-state index is 14.4. The summed E-state index contributed by atoms with van der Waals surface area (Å²) in [6.07, 6.45) is -1.53. The quantitative estimate of drug-likeness (QED) is 0.795. The lowest BCUT2D eigenvalue weighted by molar-refractivity contribution is 0.00970. The Hall–Kier alpha value is -1.57. The molecular weight excluding hydrogens is 381 g/mol.